The molecule has 1 aromatic heterocycles. The minimum Gasteiger partial charge on any atom is -0.497 e. The maximum atomic E-state index is 14.3. The number of benzene rings is 4. The van der Waals surface area contributed by atoms with Crippen LogP contribution in [0.4, 0.5) is 0 Å². The number of hydrogen-bond donors (Lipinski definition) is 0. The van der Waals surface area contributed by atoms with Gasteiger partial charge in [0.25, 0.3) is 5.56 Å². The van der Waals surface area contributed by atoms with Crippen molar-refractivity contribution in [1.29, 1.82) is 0 Å². The first kappa shape index (κ1) is 33.3. The van der Waals surface area contributed by atoms with Gasteiger partial charge in [0.2, 0.25) is 0 Å². The molecule has 0 saturated carbocycles. The van der Waals surface area contributed by atoms with Crippen LogP contribution in [0.25, 0.3) is 11.8 Å². The Morgan fingerprint density at radius 2 is 1.73 bits per heavy atom. The SMILES string of the molecule is CCOC(=O)C1=C(c2ccccc2)N=c2s/c(=C\c3cc(Br)c(OCc4ccc(Cl)cc4)c(OC)c3)c(=O)n2[C@@H]1c1ccc(OC)cc1. The highest BCUT2D eigenvalue weighted by molar-refractivity contribution is 9.10. The lowest BCUT2D eigenvalue weighted by molar-refractivity contribution is -0.138. The zero-order valence-corrected chi connectivity index (χ0v) is 29.4. The largest absolute Gasteiger partial charge is 0.497 e. The summed E-state index contributed by atoms with van der Waals surface area (Å²) in [6.45, 7) is 2.22. The predicted molar refractivity (Wildman–Crippen MR) is 191 cm³/mol. The Bertz CT molecular complexity index is 2180. The van der Waals surface area contributed by atoms with Crippen LogP contribution in [0.1, 0.15) is 35.2 Å². The molecule has 11 heteroatoms. The maximum absolute atomic E-state index is 14.3. The van der Waals surface area contributed by atoms with E-state index in [1.165, 1.54) is 11.3 Å². The van der Waals surface area contributed by atoms with Crippen LogP contribution in [0.15, 0.2) is 111 Å². The lowest BCUT2D eigenvalue weighted by atomic mass is 9.93. The third-order valence-electron chi connectivity index (χ3n) is 7.65. The molecule has 4 aromatic carbocycles. The molecule has 244 valence electrons. The van der Waals surface area contributed by atoms with Gasteiger partial charge in [-0.2, -0.15) is 0 Å². The van der Waals surface area contributed by atoms with Crippen molar-refractivity contribution in [3.05, 3.63) is 148 Å². The summed E-state index contributed by atoms with van der Waals surface area (Å²) in [7, 11) is 3.15. The zero-order chi connectivity index (χ0) is 33.8. The highest BCUT2D eigenvalue weighted by Gasteiger charge is 2.35. The Morgan fingerprint density at radius 1 is 1.00 bits per heavy atom. The first-order valence-electron chi connectivity index (χ1n) is 15.0. The Balaban J connectivity index is 1.49. The van der Waals surface area contributed by atoms with Gasteiger partial charge in [0.05, 0.1) is 47.1 Å². The number of fused-ring (bicyclic) bond motifs is 1. The molecule has 0 amide bonds. The van der Waals surface area contributed by atoms with Gasteiger partial charge in [0, 0.05) is 10.6 Å². The molecule has 5 aromatic rings. The number of rotatable bonds is 10. The Morgan fingerprint density at radius 3 is 2.40 bits per heavy atom. The highest BCUT2D eigenvalue weighted by Crippen LogP contribution is 2.38. The summed E-state index contributed by atoms with van der Waals surface area (Å²) in [6, 6.07) is 27.0. The van der Waals surface area contributed by atoms with Crippen LogP contribution < -0.4 is 29.1 Å². The van der Waals surface area contributed by atoms with Gasteiger partial charge in [0.15, 0.2) is 16.3 Å². The van der Waals surface area contributed by atoms with E-state index in [0.717, 1.165) is 11.1 Å². The van der Waals surface area contributed by atoms with Crippen LogP contribution >= 0.6 is 38.9 Å². The molecular formula is C37H30BrClN2O6S. The van der Waals surface area contributed by atoms with E-state index in [9.17, 15) is 9.59 Å². The van der Waals surface area contributed by atoms with Gasteiger partial charge < -0.3 is 18.9 Å². The Kier molecular flexibility index (Phi) is 10.1. The zero-order valence-electron chi connectivity index (χ0n) is 26.2. The number of ether oxygens (including phenoxy) is 4. The molecule has 1 aliphatic rings. The van der Waals surface area contributed by atoms with Crippen molar-refractivity contribution in [3.63, 3.8) is 0 Å². The first-order chi connectivity index (χ1) is 23.3. The normalized spacial score (nSPS) is 14.3. The summed E-state index contributed by atoms with van der Waals surface area (Å²) >= 11 is 10.9. The van der Waals surface area contributed by atoms with Gasteiger partial charge in [-0.3, -0.25) is 9.36 Å². The van der Waals surface area contributed by atoms with Gasteiger partial charge in [-0.25, -0.2) is 9.79 Å². The van der Waals surface area contributed by atoms with Crippen LogP contribution in [0.5, 0.6) is 17.2 Å². The highest BCUT2D eigenvalue weighted by atomic mass is 79.9. The molecule has 0 radical (unpaired) electrons. The van der Waals surface area contributed by atoms with Gasteiger partial charge in [-0.15, -0.1) is 0 Å². The number of carbonyl (C=O) groups excluding carboxylic acids is 1. The number of thiazole rings is 1. The predicted octanol–water partition coefficient (Wildman–Crippen LogP) is 6.95. The topological polar surface area (TPSA) is 88.4 Å². The lowest BCUT2D eigenvalue weighted by Crippen LogP contribution is -2.40. The molecule has 48 heavy (non-hydrogen) atoms. The number of aromatic nitrogens is 1. The molecule has 2 heterocycles. The quantitative estimate of drug-likeness (QED) is 0.144. The molecule has 0 fully saturated rings. The van der Waals surface area contributed by atoms with Crippen LogP contribution in [-0.4, -0.2) is 31.4 Å². The summed E-state index contributed by atoms with van der Waals surface area (Å²) in [4.78, 5) is 33.3. The fourth-order valence-corrected chi connectivity index (χ4v) is 7.09. The molecule has 1 aliphatic heterocycles. The van der Waals surface area contributed by atoms with Gasteiger partial charge >= 0.3 is 5.97 Å². The number of esters is 1. The number of methoxy groups -OCH3 is 2. The van der Waals surface area contributed by atoms with Crippen LogP contribution in [0, 0.1) is 0 Å². The van der Waals surface area contributed by atoms with E-state index in [1.807, 2.05) is 72.8 Å². The van der Waals surface area contributed by atoms with Gasteiger partial charge in [-0.1, -0.05) is 77.5 Å². The monoisotopic (exact) mass is 744 g/mol. The molecule has 8 nitrogen and oxygen atoms in total. The van der Waals surface area contributed by atoms with Crippen LogP contribution in [0.3, 0.4) is 0 Å². The van der Waals surface area contributed by atoms with E-state index in [2.05, 4.69) is 15.9 Å². The number of carbonyl (C=O) groups is 1. The number of hydrogen-bond acceptors (Lipinski definition) is 8. The van der Waals surface area contributed by atoms with Crippen molar-refractivity contribution >= 4 is 56.6 Å². The smallest absolute Gasteiger partial charge is 0.338 e. The fraction of sp³-hybridized carbons (Fsp3) is 0.162. The van der Waals surface area contributed by atoms with E-state index < -0.39 is 12.0 Å². The minimum atomic E-state index is -0.798. The molecule has 1 atom stereocenters. The third kappa shape index (κ3) is 6.82. The molecule has 6 rings (SSSR count). The van der Waals surface area contributed by atoms with Crippen LogP contribution in [-0.2, 0) is 16.1 Å². The van der Waals surface area contributed by atoms with E-state index in [0.29, 0.717) is 59.5 Å². The van der Waals surface area contributed by atoms with Gasteiger partial charge in [0.1, 0.15) is 12.4 Å². The number of halogens is 2. The molecule has 0 spiro atoms. The molecule has 0 N–H and O–H groups in total. The minimum absolute atomic E-state index is 0.167. The van der Waals surface area contributed by atoms with Crippen LogP contribution in [0.2, 0.25) is 5.02 Å². The summed E-state index contributed by atoms with van der Waals surface area (Å²) in [5, 5.41) is 0.649. The lowest BCUT2D eigenvalue weighted by Gasteiger charge is -2.26. The third-order valence-corrected chi connectivity index (χ3v) is 9.48. The second-order valence-corrected chi connectivity index (χ2v) is 13.0. The summed E-state index contributed by atoms with van der Waals surface area (Å²) in [6.07, 6.45) is 1.78. The van der Waals surface area contributed by atoms with E-state index in [1.54, 1.807) is 50.0 Å². The fourth-order valence-electron chi connectivity index (χ4n) is 5.39. The average molecular weight is 746 g/mol. The molecule has 0 aliphatic carbocycles. The Labute approximate surface area is 294 Å². The van der Waals surface area contributed by atoms with Crippen molar-refractivity contribution < 1.29 is 23.7 Å². The maximum Gasteiger partial charge on any atom is 0.338 e. The Hall–Kier alpha value is -4.64. The van der Waals surface area contributed by atoms with Crippen molar-refractivity contribution in [3.8, 4) is 17.2 Å². The van der Waals surface area contributed by atoms with Crippen molar-refractivity contribution in [1.82, 2.24) is 4.57 Å². The van der Waals surface area contributed by atoms with E-state index in [-0.39, 0.29) is 17.7 Å². The van der Waals surface area contributed by atoms with Crippen molar-refractivity contribution in [2.75, 3.05) is 20.8 Å². The standard InChI is InChI=1S/C37H30BrClN2O6S/c1-4-46-36(43)31-32(24-8-6-5-7-9-24)40-37-41(33(31)25-12-16-27(44-2)17-13-25)35(42)30(48-37)20-23-18-28(38)34(29(19-23)45-3)47-21-22-10-14-26(39)15-11-22/h5-20,33H,4,21H2,1-3H3/b30-20-/t33-/m1/s1. The first-order valence-corrected chi connectivity index (χ1v) is 17.0. The second kappa shape index (κ2) is 14.6. The summed E-state index contributed by atoms with van der Waals surface area (Å²) < 4.78 is 25.4. The van der Waals surface area contributed by atoms with E-state index >= 15 is 0 Å². The van der Waals surface area contributed by atoms with E-state index in [4.69, 9.17) is 35.5 Å². The summed E-state index contributed by atoms with van der Waals surface area (Å²) in [5.41, 5.74) is 3.53. The van der Waals surface area contributed by atoms with Gasteiger partial charge in [-0.05, 0) is 82.0 Å². The average Bonchev–Trinajstić information content (AvgIpc) is 3.41. The number of nitrogens with zero attached hydrogens (tertiary/aromatic N) is 2. The van der Waals surface area contributed by atoms with Crippen molar-refractivity contribution in [2.45, 2.75) is 19.6 Å². The molecule has 0 saturated heterocycles. The second-order valence-electron chi connectivity index (χ2n) is 10.7. The van der Waals surface area contributed by atoms with Crippen molar-refractivity contribution in [2.24, 2.45) is 4.99 Å². The molecular weight excluding hydrogens is 716 g/mol. The molecule has 0 unspecified atom stereocenters. The molecule has 0 bridgehead atoms. The summed E-state index contributed by atoms with van der Waals surface area (Å²) in [5.74, 6) is 1.12.